The Kier molecular flexibility index (Phi) is 14.2. The molecule has 19 heavy (non-hydrogen) atoms. The Morgan fingerprint density at radius 1 is 1.00 bits per heavy atom. The molecule has 0 aliphatic carbocycles. The largest absolute Gasteiger partial charge is 0.389 e. The molecule has 0 bridgehead atoms. The summed E-state index contributed by atoms with van der Waals surface area (Å²) in [6.07, 6.45) is 8.27. The number of aliphatic hydroxyl groups is 1. The molecule has 116 valence electrons. The fraction of sp³-hybridized carbons (Fsp3) is 1.00. The van der Waals surface area contributed by atoms with Crippen molar-refractivity contribution in [1.29, 1.82) is 0 Å². The van der Waals surface area contributed by atoms with Crippen LogP contribution in [0, 0.1) is 5.92 Å². The van der Waals surface area contributed by atoms with Gasteiger partial charge in [0, 0.05) is 13.2 Å². The monoisotopic (exact) mass is 273 g/mol. The first-order chi connectivity index (χ1) is 9.24. The molecule has 2 N–H and O–H groups in total. The topological polar surface area (TPSA) is 41.5 Å². The molecule has 2 atom stereocenters. The lowest BCUT2D eigenvalue weighted by molar-refractivity contribution is 0.0194. The van der Waals surface area contributed by atoms with Gasteiger partial charge >= 0.3 is 0 Å². The van der Waals surface area contributed by atoms with Crippen molar-refractivity contribution in [3.63, 3.8) is 0 Å². The maximum Gasteiger partial charge on any atom is 0.0897 e. The van der Waals surface area contributed by atoms with Gasteiger partial charge in [-0.3, -0.25) is 0 Å². The summed E-state index contributed by atoms with van der Waals surface area (Å²) in [5, 5.41) is 13.1. The van der Waals surface area contributed by atoms with Crippen molar-refractivity contribution in [1.82, 2.24) is 5.32 Å². The number of hydrogen-bond acceptors (Lipinski definition) is 3. The Morgan fingerprint density at radius 2 is 1.74 bits per heavy atom. The van der Waals surface area contributed by atoms with Gasteiger partial charge in [-0.2, -0.15) is 0 Å². The van der Waals surface area contributed by atoms with Crippen molar-refractivity contribution in [2.45, 2.75) is 71.8 Å². The van der Waals surface area contributed by atoms with Crippen LogP contribution >= 0.6 is 0 Å². The molecule has 0 saturated carbocycles. The zero-order valence-electron chi connectivity index (χ0n) is 13.3. The van der Waals surface area contributed by atoms with Crippen LogP contribution in [0.15, 0.2) is 0 Å². The lowest BCUT2D eigenvalue weighted by Gasteiger charge is -2.17. The van der Waals surface area contributed by atoms with Crippen LogP contribution in [0.1, 0.15) is 65.7 Å². The standard InChI is InChI=1S/C16H35NO2/c1-4-7-9-11-17-12-16(18)14-19-13-15(6-3)10-8-5-2/h15-18H,4-14H2,1-3H3. The summed E-state index contributed by atoms with van der Waals surface area (Å²) in [4.78, 5) is 0. The summed E-state index contributed by atoms with van der Waals surface area (Å²) in [6, 6.07) is 0. The molecule has 0 amide bonds. The molecule has 0 fully saturated rings. The molecule has 0 spiro atoms. The average Bonchev–Trinajstić information content (AvgIpc) is 2.42. The molecule has 0 heterocycles. The van der Waals surface area contributed by atoms with Crippen molar-refractivity contribution in [3.8, 4) is 0 Å². The van der Waals surface area contributed by atoms with Crippen molar-refractivity contribution < 1.29 is 9.84 Å². The summed E-state index contributed by atoms with van der Waals surface area (Å²) >= 11 is 0. The van der Waals surface area contributed by atoms with E-state index in [1.54, 1.807) is 0 Å². The second-order valence-corrected chi connectivity index (χ2v) is 5.52. The van der Waals surface area contributed by atoms with E-state index < -0.39 is 0 Å². The molecule has 0 saturated heterocycles. The van der Waals surface area contributed by atoms with E-state index >= 15 is 0 Å². The fourth-order valence-electron chi connectivity index (χ4n) is 2.10. The Bertz CT molecular complexity index is 176. The second-order valence-electron chi connectivity index (χ2n) is 5.52. The zero-order valence-corrected chi connectivity index (χ0v) is 13.3. The molecule has 0 radical (unpaired) electrons. The van der Waals surface area contributed by atoms with E-state index in [9.17, 15) is 5.11 Å². The van der Waals surface area contributed by atoms with Crippen molar-refractivity contribution in [3.05, 3.63) is 0 Å². The van der Waals surface area contributed by atoms with Crippen molar-refractivity contribution in [2.75, 3.05) is 26.3 Å². The number of hydrogen-bond donors (Lipinski definition) is 2. The Hall–Kier alpha value is -0.120. The highest BCUT2D eigenvalue weighted by Gasteiger charge is 2.08. The lowest BCUT2D eigenvalue weighted by Crippen LogP contribution is -2.31. The third-order valence-corrected chi connectivity index (χ3v) is 3.54. The smallest absolute Gasteiger partial charge is 0.0897 e. The molecule has 0 aliphatic rings. The van der Waals surface area contributed by atoms with Gasteiger partial charge in [-0.25, -0.2) is 0 Å². The van der Waals surface area contributed by atoms with E-state index in [2.05, 4.69) is 26.1 Å². The van der Waals surface area contributed by atoms with Crippen LogP contribution < -0.4 is 5.32 Å². The van der Waals surface area contributed by atoms with E-state index in [0.717, 1.165) is 13.2 Å². The Morgan fingerprint density at radius 3 is 2.37 bits per heavy atom. The number of nitrogens with one attached hydrogen (secondary N) is 1. The van der Waals surface area contributed by atoms with E-state index in [1.807, 2.05) is 0 Å². The minimum atomic E-state index is -0.370. The van der Waals surface area contributed by atoms with Gasteiger partial charge in [0.15, 0.2) is 0 Å². The fourth-order valence-corrected chi connectivity index (χ4v) is 2.10. The van der Waals surface area contributed by atoms with Crippen LogP contribution in [0.3, 0.4) is 0 Å². The van der Waals surface area contributed by atoms with Crippen molar-refractivity contribution >= 4 is 0 Å². The molecule has 0 aliphatic heterocycles. The van der Waals surface area contributed by atoms with Crippen LogP contribution in [0.2, 0.25) is 0 Å². The number of aliphatic hydroxyl groups excluding tert-OH is 1. The molecular weight excluding hydrogens is 238 g/mol. The third-order valence-electron chi connectivity index (χ3n) is 3.54. The minimum absolute atomic E-state index is 0.370. The Balaban J connectivity index is 3.42. The zero-order chi connectivity index (χ0) is 14.3. The highest BCUT2D eigenvalue weighted by Crippen LogP contribution is 2.12. The van der Waals surface area contributed by atoms with Crippen molar-refractivity contribution in [2.24, 2.45) is 5.92 Å². The molecule has 3 nitrogen and oxygen atoms in total. The normalized spacial score (nSPS) is 14.5. The molecule has 0 aromatic rings. The maximum absolute atomic E-state index is 9.78. The van der Waals surface area contributed by atoms with E-state index in [4.69, 9.17) is 4.74 Å². The number of ether oxygens (including phenoxy) is 1. The lowest BCUT2D eigenvalue weighted by atomic mass is 10.0. The van der Waals surface area contributed by atoms with E-state index in [1.165, 1.54) is 44.9 Å². The predicted molar refractivity (Wildman–Crippen MR) is 82.5 cm³/mol. The molecule has 2 unspecified atom stereocenters. The van der Waals surface area contributed by atoms with Gasteiger partial charge in [0.2, 0.25) is 0 Å². The van der Waals surface area contributed by atoms with Crippen LogP contribution in [0.4, 0.5) is 0 Å². The van der Waals surface area contributed by atoms with Gasteiger partial charge in [-0.15, -0.1) is 0 Å². The summed E-state index contributed by atoms with van der Waals surface area (Å²) in [5.74, 6) is 0.657. The van der Waals surface area contributed by atoms with Gasteiger partial charge in [-0.05, 0) is 25.3 Å². The van der Waals surface area contributed by atoms with Gasteiger partial charge in [0.05, 0.1) is 12.7 Å². The molecular formula is C16H35NO2. The average molecular weight is 273 g/mol. The quantitative estimate of drug-likeness (QED) is 0.477. The highest BCUT2D eigenvalue weighted by atomic mass is 16.5. The molecule has 0 rings (SSSR count). The minimum Gasteiger partial charge on any atom is -0.389 e. The first kappa shape index (κ1) is 18.9. The number of rotatable bonds is 14. The first-order valence-corrected chi connectivity index (χ1v) is 8.21. The molecule has 0 aromatic carbocycles. The summed E-state index contributed by atoms with van der Waals surface area (Å²) in [6.45, 7) is 9.55. The molecule has 0 aromatic heterocycles. The maximum atomic E-state index is 9.78. The van der Waals surface area contributed by atoms with Gasteiger partial charge in [0.25, 0.3) is 0 Å². The van der Waals surface area contributed by atoms with Crippen LogP contribution in [-0.2, 0) is 4.74 Å². The van der Waals surface area contributed by atoms with E-state index in [-0.39, 0.29) is 6.10 Å². The van der Waals surface area contributed by atoms with Crippen LogP contribution in [0.25, 0.3) is 0 Å². The highest BCUT2D eigenvalue weighted by molar-refractivity contribution is 4.60. The third kappa shape index (κ3) is 12.6. The summed E-state index contributed by atoms with van der Waals surface area (Å²) in [7, 11) is 0. The van der Waals surface area contributed by atoms with Gasteiger partial charge in [-0.1, -0.05) is 52.9 Å². The van der Waals surface area contributed by atoms with Crippen LogP contribution in [0.5, 0.6) is 0 Å². The Labute approximate surface area is 120 Å². The summed E-state index contributed by atoms with van der Waals surface area (Å²) < 4.78 is 5.63. The SMILES string of the molecule is CCCCCNCC(O)COCC(CC)CCCC. The van der Waals surface area contributed by atoms with Gasteiger partial charge < -0.3 is 15.2 Å². The predicted octanol–water partition coefficient (Wildman–Crippen LogP) is 3.36. The number of unbranched alkanes of at least 4 members (excludes halogenated alkanes) is 3. The van der Waals surface area contributed by atoms with E-state index in [0.29, 0.717) is 19.1 Å². The van der Waals surface area contributed by atoms with Crippen LogP contribution in [-0.4, -0.2) is 37.5 Å². The summed E-state index contributed by atoms with van der Waals surface area (Å²) in [5.41, 5.74) is 0. The van der Waals surface area contributed by atoms with Gasteiger partial charge in [0.1, 0.15) is 0 Å². The second kappa shape index (κ2) is 14.3. The first-order valence-electron chi connectivity index (χ1n) is 8.21. The molecule has 3 heteroatoms.